The van der Waals surface area contributed by atoms with Gasteiger partial charge in [0, 0.05) is 17.1 Å². The number of rotatable bonds is 9. The second kappa shape index (κ2) is 12.2. The molecule has 2 amide bonds. The quantitative estimate of drug-likeness (QED) is 0.376. The number of aryl methyl sites for hydroxylation is 1. The lowest BCUT2D eigenvalue weighted by Crippen LogP contribution is -2.54. The largest absolute Gasteiger partial charge is 0.350 e. The van der Waals surface area contributed by atoms with E-state index in [1.807, 2.05) is 27.7 Å². The van der Waals surface area contributed by atoms with Gasteiger partial charge in [0.2, 0.25) is 11.8 Å². The maximum Gasteiger partial charge on any atom is 0.264 e. The van der Waals surface area contributed by atoms with Crippen LogP contribution in [0.4, 0.5) is 10.1 Å². The second-order valence-electron chi connectivity index (χ2n) is 10.4. The number of carbonyl (C=O) groups excluding carboxylic acids is 2. The first-order valence-corrected chi connectivity index (χ1v) is 14.2. The maximum absolute atomic E-state index is 13.9. The molecule has 10 heteroatoms. The molecule has 0 aromatic heterocycles. The van der Waals surface area contributed by atoms with Crippen molar-refractivity contribution in [2.75, 3.05) is 10.8 Å². The molecule has 208 valence electrons. The highest BCUT2D eigenvalue weighted by Gasteiger charge is 2.33. The molecule has 1 atom stereocenters. The number of carbonyl (C=O) groups is 2. The molecule has 7 nitrogen and oxygen atoms in total. The van der Waals surface area contributed by atoms with E-state index in [-0.39, 0.29) is 23.0 Å². The van der Waals surface area contributed by atoms with Crippen molar-refractivity contribution in [3.05, 3.63) is 94.8 Å². The minimum atomic E-state index is -4.26. The van der Waals surface area contributed by atoms with Crippen LogP contribution in [0.25, 0.3) is 0 Å². The SMILES string of the molecule is Cc1ccc(N(CC(=O)N(Cc2ccc(Cl)cc2)C(C)C(=O)NC(C)(C)C)S(=O)(=O)c2ccc(F)cc2)cc1. The highest BCUT2D eigenvalue weighted by molar-refractivity contribution is 7.92. The summed E-state index contributed by atoms with van der Waals surface area (Å²) in [4.78, 5) is 28.1. The second-order valence-corrected chi connectivity index (χ2v) is 12.7. The Morgan fingerprint density at radius 1 is 0.949 bits per heavy atom. The van der Waals surface area contributed by atoms with Gasteiger partial charge in [-0.05, 0) is 88.7 Å². The van der Waals surface area contributed by atoms with E-state index in [4.69, 9.17) is 11.6 Å². The Labute approximate surface area is 234 Å². The monoisotopic (exact) mass is 573 g/mol. The summed E-state index contributed by atoms with van der Waals surface area (Å²) in [6.07, 6.45) is 0. The van der Waals surface area contributed by atoms with E-state index >= 15 is 0 Å². The molecule has 1 unspecified atom stereocenters. The average Bonchev–Trinajstić information content (AvgIpc) is 2.86. The van der Waals surface area contributed by atoms with Crippen molar-refractivity contribution in [2.24, 2.45) is 0 Å². The van der Waals surface area contributed by atoms with Gasteiger partial charge in [0.05, 0.1) is 10.6 Å². The van der Waals surface area contributed by atoms with Crippen molar-refractivity contribution in [3.8, 4) is 0 Å². The summed E-state index contributed by atoms with van der Waals surface area (Å²) in [6, 6.07) is 17.0. The molecule has 0 aliphatic carbocycles. The van der Waals surface area contributed by atoms with Crippen LogP contribution in [0.15, 0.2) is 77.7 Å². The molecule has 0 saturated carbocycles. The van der Waals surface area contributed by atoms with E-state index in [1.54, 1.807) is 55.5 Å². The van der Waals surface area contributed by atoms with Crippen LogP contribution in [0.3, 0.4) is 0 Å². The molecule has 0 heterocycles. The van der Waals surface area contributed by atoms with E-state index in [1.165, 1.54) is 4.90 Å². The first-order valence-electron chi connectivity index (χ1n) is 12.4. The normalized spacial score (nSPS) is 12.5. The third-order valence-electron chi connectivity index (χ3n) is 5.93. The van der Waals surface area contributed by atoms with E-state index in [0.717, 1.165) is 34.1 Å². The highest BCUT2D eigenvalue weighted by atomic mass is 35.5. The molecule has 0 aliphatic heterocycles. The average molecular weight is 574 g/mol. The van der Waals surface area contributed by atoms with Gasteiger partial charge in [-0.2, -0.15) is 0 Å². The summed E-state index contributed by atoms with van der Waals surface area (Å²) in [5.41, 5.74) is 1.34. The molecule has 0 radical (unpaired) electrons. The fourth-order valence-corrected chi connectivity index (χ4v) is 5.36. The van der Waals surface area contributed by atoms with Gasteiger partial charge < -0.3 is 10.2 Å². The number of nitrogens with one attached hydrogen (secondary N) is 1. The fraction of sp³-hybridized carbons (Fsp3) is 0.310. The van der Waals surface area contributed by atoms with E-state index in [9.17, 15) is 22.4 Å². The lowest BCUT2D eigenvalue weighted by molar-refractivity contribution is -0.140. The highest BCUT2D eigenvalue weighted by Crippen LogP contribution is 2.25. The minimum absolute atomic E-state index is 0.0487. The number of benzene rings is 3. The third-order valence-corrected chi connectivity index (χ3v) is 7.97. The zero-order valence-corrected chi connectivity index (χ0v) is 24.2. The van der Waals surface area contributed by atoms with Crippen molar-refractivity contribution in [1.82, 2.24) is 10.2 Å². The van der Waals surface area contributed by atoms with Gasteiger partial charge in [0.1, 0.15) is 18.4 Å². The molecule has 0 bridgehead atoms. The van der Waals surface area contributed by atoms with Gasteiger partial charge in [-0.25, -0.2) is 12.8 Å². The number of amides is 2. The summed E-state index contributed by atoms with van der Waals surface area (Å²) in [5.74, 6) is -1.56. The minimum Gasteiger partial charge on any atom is -0.350 e. The predicted octanol–water partition coefficient (Wildman–Crippen LogP) is 5.31. The lowest BCUT2D eigenvalue weighted by atomic mass is 10.1. The summed E-state index contributed by atoms with van der Waals surface area (Å²) in [7, 11) is -4.26. The summed E-state index contributed by atoms with van der Waals surface area (Å²) in [5, 5.41) is 3.40. The Bertz CT molecular complexity index is 1400. The van der Waals surface area contributed by atoms with Gasteiger partial charge in [0.25, 0.3) is 10.0 Å². The summed E-state index contributed by atoms with van der Waals surface area (Å²) in [6.45, 7) is 8.42. The van der Waals surface area contributed by atoms with E-state index in [0.29, 0.717) is 10.6 Å². The van der Waals surface area contributed by atoms with Crippen LogP contribution in [0.2, 0.25) is 5.02 Å². The molecule has 3 rings (SSSR count). The van der Waals surface area contributed by atoms with Crippen molar-refractivity contribution in [3.63, 3.8) is 0 Å². The summed E-state index contributed by atoms with van der Waals surface area (Å²) < 4.78 is 42.0. The molecule has 0 spiro atoms. The molecule has 0 aliphatic rings. The maximum atomic E-state index is 13.9. The van der Waals surface area contributed by atoms with Gasteiger partial charge in [0.15, 0.2) is 0 Å². The van der Waals surface area contributed by atoms with Crippen LogP contribution in [0, 0.1) is 12.7 Å². The first kappa shape index (κ1) is 30.1. The van der Waals surface area contributed by atoms with Crippen molar-refractivity contribution >= 4 is 39.1 Å². The molecule has 0 fully saturated rings. The molecule has 0 saturated heterocycles. The number of anilines is 1. The van der Waals surface area contributed by atoms with Crippen molar-refractivity contribution in [2.45, 2.75) is 57.6 Å². The number of nitrogens with zero attached hydrogens (tertiary/aromatic N) is 2. The molecular weight excluding hydrogens is 541 g/mol. The molecular formula is C29H33ClFN3O4S. The summed E-state index contributed by atoms with van der Waals surface area (Å²) >= 11 is 6.02. The zero-order valence-electron chi connectivity index (χ0n) is 22.6. The first-order chi connectivity index (χ1) is 18.2. The molecule has 1 N–H and O–H groups in total. The van der Waals surface area contributed by atoms with Crippen LogP contribution < -0.4 is 9.62 Å². The van der Waals surface area contributed by atoms with Gasteiger partial charge in [-0.15, -0.1) is 0 Å². The topological polar surface area (TPSA) is 86.8 Å². The Hall–Kier alpha value is -3.43. The third kappa shape index (κ3) is 8.03. The Morgan fingerprint density at radius 2 is 1.51 bits per heavy atom. The fourth-order valence-electron chi connectivity index (χ4n) is 3.82. The Balaban J connectivity index is 2.02. The molecule has 39 heavy (non-hydrogen) atoms. The van der Waals surface area contributed by atoms with Crippen molar-refractivity contribution < 1.29 is 22.4 Å². The van der Waals surface area contributed by atoms with Crippen LogP contribution in [-0.4, -0.2) is 43.3 Å². The standard InChI is InChI=1S/C29H33ClFN3O4S/c1-20-6-14-25(15-7-20)34(39(37,38)26-16-12-24(31)13-17-26)19-27(35)33(18-22-8-10-23(30)11-9-22)21(2)28(36)32-29(3,4)5/h6-17,21H,18-19H2,1-5H3,(H,32,36). The van der Waals surface area contributed by atoms with Crippen molar-refractivity contribution in [1.29, 1.82) is 0 Å². The van der Waals surface area contributed by atoms with Gasteiger partial charge >= 0.3 is 0 Å². The van der Waals surface area contributed by atoms with Crippen LogP contribution in [0.1, 0.15) is 38.8 Å². The van der Waals surface area contributed by atoms with E-state index < -0.39 is 39.9 Å². The zero-order chi connectivity index (χ0) is 29.0. The van der Waals surface area contributed by atoms with Crippen LogP contribution >= 0.6 is 11.6 Å². The Morgan fingerprint density at radius 3 is 2.05 bits per heavy atom. The number of hydrogen-bond acceptors (Lipinski definition) is 4. The van der Waals surface area contributed by atoms with Gasteiger partial charge in [-0.3, -0.25) is 13.9 Å². The predicted molar refractivity (Wildman–Crippen MR) is 151 cm³/mol. The van der Waals surface area contributed by atoms with Crippen LogP contribution in [-0.2, 0) is 26.2 Å². The number of sulfonamides is 1. The van der Waals surface area contributed by atoms with Crippen LogP contribution in [0.5, 0.6) is 0 Å². The number of hydrogen-bond donors (Lipinski definition) is 1. The van der Waals surface area contributed by atoms with Gasteiger partial charge in [-0.1, -0.05) is 41.4 Å². The molecule has 3 aromatic rings. The molecule has 3 aromatic carbocycles. The Kier molecular flexibility index (Phi) is 9.40. The number of halogens is 2. The smallest absolute Gasteiger partial charge is 0.264 e. The lowest BCUT2D eigenvalue weighted by Gasteiger charge is -2.33. The van der Waals surface area contributed by atoms with E-state index in [2.05, 4.69) is 5.32 Å².